The maximum absolute atomic E-state index is 12.9. The van der Waals surface area contributed by atoms with Crippen LogP contribution in [0, 0.1) is 0 Å². The summed E-state index contributed by atoms with van der Waals surface area (Å²) in [6.07, 6.45) is 2.30. The molecule has 3 N–H and O–H groups in total. The summed E-state index contributed by atoms with van der Waals surface area (Å²) < 4.78 is 11.5. The Kier molecular flexibility index (Phi) is 5.23. The molecule has 2 aliphatic heterocycles. The van der Waals surface area contributed by atoms with E-state index in [9.17, 15) is 19.6 Å². The van der Waals surface area contributed by atoms with Gasteiger partial charge >= 0.3 is 7.12 Å². The van der Waals surface area contributed by atoms with Gasteiger partial charge in [-0.3, -0.25) is 14.5 Å². The number of amides is 1. The smallest absolute Gasteiger partial charge is 0.426 e. The molecule has 4 atom stereocenters. The second-order valence-electron chi connectivity index (χ2n) is 7.30. The number of piperidine rings is 1. The SMILES string of the molecule is CCCCOC12C(=O)[C@]1(B(O)O)CN1CCOCC[C@@H](C)NC(=O)C12. The predicted octanol–water partition coefficient (Wildman–Crippen LogP) is -1.05. The van der Waals surface area contributed by atoms with Gasteiger partial charge in [-0.05, 0) is 19.8 Å². The number of Topliss-reactive ketones (excluding diaryl/α,β-unsaturated/α-hetero) is 1. The molecule has 1 aliphatic carbocycles. The topological polar surface area (TPSA) is 108 Å². The van der Waals surface area contributed by atoms with Gasteiger partial charge < -0.3 is 24.8 Å². The van der Waals surface area contributed by atoms with E-state index in [4.69, 9.17) is 9.47 Å². The minimum Gasteiger partial charge on any atom is -0.426 e. The highest BCUT2D eigenvalue weighted by Gasteiger charge is 2.91. The molecular formula is C16H27BN2O6. The Morgan fingerprint density at radius 3 is 2.84 bits per heavy atom. The molecular weight excluding hydrogens is 327 g/mol. The summed E-state index contributed by atoms with van der Waals surface area (Å²) in [5.74, 6) is -0.674. The first-order valence-corrected chi connectivity index (χ1v) is 9.09. The van der Waals surface area contributed by atoms with E-state index >= 15 is 0 Å². The number of carbonyl (C=O) groups is 2. The van der Waals surface area contributed by atoms with Crippen molar-refractivity contribution in [3.8, 4) is 0 Å². The molecule has 0 aromatic rings. The fourth-order valence-electron chi connectivity index (χ4n) is 4.21. The first-order valence-electron chi connectivity index (χ1n) is 9.09. The predicted molar refractivity (Wildman–Crippen MR) is 89.9 cm³/mol. The molecule has 2 unspecified atom stereocenters. The zero-order valence-corrected chi connectivity index (χ0v) is 14.9. The quantitative estimate of drug-likeness (QED) is 0.427. The molecule has 140 valence electrons. The lowest BCUT2D eigenvalue weighted by Crippen LogP contribution is -2.56. The fraction of sp³-hybridized carbons (Fsp3) is 0.875. The Morgan fingerprint density at radius 1 is 1.40 bits per heavy atom. The molecule has 3 fully saturated rings. The first-order chi connectivity index (χ1) is 11.9. The standard InChI is InChI=1S/C16H27BN2O6/c1-3-4-7-25-16-12-13(20)18-11(2)5-8-24-9-6-19(12)10-15(16,14(16)21)17(22)23/h11-12,22-23H,3-10H2,1-2H3,(H,18,20)/t11-,12?,15-,16?/m1/s1. The van der Waals surface area contributed by atoms with E-state index in [-0.39, 0.29) is 24.3 Å². The molecule has 9 heteroatoms. The van der Waals surface area contributed by atoms with Crippen LogP contribution in [0.3, 0.4) is 0 Å². The van der Waals surface area contributed by atoms with Crippen molar-refractivity contribution in [2.75, 3.05) is 32.9 Å². The number of rotatable bonds is 5. The van der Waals surface area contributed by atoms with Crippen LogP contribution in [-0.2, 0) is 19.1 Å². The monoisotopic (exact) mass is 354 g/mol. The Balaban J connectivity index is 1.93. The van der Waals surface area contributed by atoms with Crippen molar-refractivity contribution in [1.82, 2.24) is 10.2 Å². The third kappa shape index (κ3) is 2.73. The van der Waals surface area contributed by atoms with Gasteiger partial charge in [-0.25, -0.2) is 0 Å². The van der Waals surface area contributed by atoms with Crippen molar-refractivity contribution in [2.45, 2.75) is 56.1 Å². The molecule has 0 aromatic heterocycles. The van der Waals surface area contributed by atoms with E-state index in [1.54, 1.807) is 4.90 Å². The zero-order valence-electron chi connectivity index (χ0n) is 14.9. The largest absolute Gasteiger partial charge is 0.470 e. The van der Waals surface area contributed by atoms with Crippen LogP contribution in [0.4, 0.5) is 0 Å². The van der Waals surface area contributed by atoms with Gasteiger partial charge in [0.1, 0.15) is 11.4 Å². The number of ketones is 1. The lowest BCUT2D eigenvalue weighted by Gasteiger charge is -2.32. The van der Waals surface area contributed by atoms with Gasteiger partial charge in [-0.1, -0.05) is 13.3 Å². The number of unbranched alkanes of at least 4 members (excludes halogenated alkanes) is 1. The maximum atomic E-state index is 12.9. The van der Waals surface area contributed by atoms with Crippen molar-refractivity contribution in [3.05, 3.63) is 0 Å². The normalized spacial score (nSPS) is 38.7. The molecule has 3 aliphatic rings. The summed E-state index contributed by atoms with van der Waals surface area (Å²) in [5.41, 5.74) is -1.47. The van der Waals surface area contributed by atoms with E-state index in [1.807, 2.05) is 13.8 Å². The fourth-order valence-corrected chi connectivity index (χ4v) is 4.21. The second-order valence-corrected chi connectivity index (χ2v) is 7.30. The molecule has 25 heavy (non-hydrogen) atoms. The van der Waals surface area contributed by atoms with E-state index in [0.29, 0.717) is 32.8 Å². The van der Waals surface area contributed by atoms with Gasteiger partial charge in [0.25, 0.3) is 0 Å². The van der Waals surface area contributed by atoms with E-state index in [2.05, 4.69) is 5.32 Å². The summed E-state index contributed by atoms with van der Waals surface area (Å²) in [7, 11) is -1.86. The molecule has 2 heterocycles. The molecule has 0 spiro atoms. The zero-order chi connectivity index (χ0) is 18.2. The summed E-state index contributed by atoms with van der Waals surface area (Å²) in [5, 5.41) is 21.4. The van der Waals surface area contributed by atoms with Crippen molar-refractivity contribution in [2.24, 2.45) is 0 Å². The molecule has 1 saturated carbocycles. The second kappa shape index (κ2) is 6.96. The van der Waals surface area contributed by atoms with E-state index < -0.39 is 24.1 Å². The lowest BCUT2D eigenvalue weighted by atomic mass is 9.67. The van der Waals surface area contributed by atoms with Gasteiger partial charge in [0.15, 0.2) is 11.4 Å². The van der Waals surface area contributed by atoms with Crippen LogP contribution in [0.5, 0.6) is 0 Å². The van der Waals surface area contributed by atoms with Crippen molar-refractivity contribution in [1.29, 1.82) is 0 Å². The minimum absolute atomic E-state index is 0.0887. The van der Waals surface area contributed by atoms with Crippen molar-refractivity contribution < 1.29 is 29.1 Å². The van der Waals surface area contributed by atoms with Gasteiger partial charge in [0.05, 0.1) is 6.61 Å². The highest BCUT2D eigenvalue weighted by Crippen LogP contribution is 2.69. The van der Waals surface area contributed by atoms with Crippen molar-refractivity contribution in [3.63, 3.8) is 0 Å². The van der Waals surface area contributed by atoms with Gasteiger partial charge in [-0.2, -0.15) is 0 Å². The number of hydrogen-bond acceptors (Lipinski definition) is 7. The highest BCUT2D eigenvalue weighted by atomic mass is 16.5. The number of fused-ring (bicyclic) bond motifs is 3. The number of nitrogens with one attached hydrogen (secondary N) is 1. The van der Waals surface area contributed by atoms with Crippen LogP contribution in [0.15, 0.2) is 0 Å². The summed E-state index contributed by atoms with van der Waals surface area (Å²) in [4.78, 5) is 27.4. The molecule has 0 aromatic carbocycles. The Morgan fingerprint density at radius 2 is 2.16 bits per heavy atom. The third-order valence-electron chi connectivity index (χ3n) is 5.67. The average molecular weight is 354 g/mol. The average Bonchev–Trinajstić information content (AvgIpc) is 2.92. The van der Waals surface area contributed by atoms with Gasteiger partial charge in [-0.15, -0.1) is 0 Å². The number of carbonyl (C=O) groups excluding carboxylic acids is 2. The number of ether oxygens (including phenoxy) is 2. The van der Waals surface area contributed by atoms with Gasteiger partial charge in [0, 0.05) is 32.3 Å². The highest BCUT2D eigenvalue weighted by molar-refractivity contribution is 6.62. The van der Waals surface area contributed by atoms with Crippen LogP contribution in [0.25, 0.3) is 0 Å². The van der Waals surface area contributed by atoms with Crippen LogP contribution in [0.1, 0.15) is 33.1 Å². The van der Waals surface area contributed by atoms with E-state index in [1.165, 1.54) is 0 Å². The van der Waals surface area contributed by atoms with Crippen molar-refractivity contribution >= 4 is 18.8 Å². The Hall–Kier alpha value is -0.995. The molecule has 1 amide bonds. The maximum Gasteiger partial charge on any atom is 0.470 e. The third-order valence-corrected chi connectivity index (χ3v) is 5.67. The molecule has 0 radical (unpaired) electrons. The summed E-state index contributed by atoms with van der Waals surface area (Å²) >= 11 is 0. The van der Waals surface area contributed by atoms with Crippen LogP contribution < -0.4 is 5.32 Å². The summed E-state index contributed by atoms with van der Waals surface area (Å²) in [6.45, 7) is 5.69. The molecule has 0 bridgehead atoms. The van der Waals surface area contributed by atoms with Crippen LogP contribution >= 0.6 is 0 Å². The first kappa shape index (κ1) is 18.8. The Labute approximate surface area is 148 Å². The van der Waals surface area contributed by atoms with E-state index in [0.717, 1.165) is 12.8 Å². The Bertz CT molecular complexity index is 547. The number of hydrogen-bond donors (Lipinski definition) is 3. The molecule has 8 nitrogen and oxygen atoms in total. The molecule has 3 rings (SSSR count). The number of nitrogens with zero attached hydrogens (tertiary/aromatic N) is 1. The molecule has 2 saturated heterocycles. The lowest BCUT2D eigenvalue weighted by molar-refractivity contribution is -0.139. The minimum atomic E-state index is -1.86. The van der Waals surface area contributed by atoms with Crippen LogP contribution in [-0.4, -0.2) is 84.4 Å². The van der Waals surface area contributed by atoms with Gasteiger partial charge in [0.2, 0.25) is 5.91 Å². The van der Waals surface area contributed by atoms with Crippen LogP contribution in [0.2, 0.25) is 5.31 Å². The summed E-state index contributed by atoms with van der Waals surface area (Å²) in [6, 6.07) is -0.953.